The first kappa shape index (κ1) is 14.4. The molecular formula is C15H17F2NO3. The number of piperidine rings is 1. The van der Waals surface area contributed by atoms with E-state index in [-0.39, 0.29) is 29.5 Å². The number of alkyl halides is 2. The topological polar surface area (TPSA) is 47.6 Å². The molecule has 2 fully saturated rings. The van der Waals surface area contributed by atoms with Crippen LogP contribution < -0.4 is 10.1 Å². The number of fused-ring (bicyclic) bond motifs is 2. The molecule has 114 valence electrons. The van der Waals surface area contributed by atoms with Gasteiger partial charge in [-0.3, -0.25) is 4.79 Å². The molecule has 0 aliphatic carbocycles. The maximum atomic E-state index is 12.5. The maximum absolute atomic E-state index is 12.5. The molecule has 0 aromatic heterocycles. The first-order chi connectivity index (χ1) is 10.1. The highest BCUT2D eigenvalue weighted by Gasteiger charge is 2.35. The van der Waals surface area contributed by atoms with Gasteiger partial charge in [0, 0.05) is 23.6 Å². The van der Waals surface area contributed by atoms with E-state index in [1.54, 1.807) is 12.1 Å². The third-order valence-electron chi connectivity index (χ3n) is 3.98. The third-order valence-corrected chi connectivity index (χ3v) is 3.98. The van der Waals surface area contributed by atoms with Crippen molar-refractivity contribution in [2.24, 2.45) is 5.92 Å². The first-order valence-electron chi connectivity index (χ1n) is 7.04. The Morgan fingerprint density at radius 2 is 1.81 bits per heavy atom. The van der Waals surface area contributed by atoms with E-state index in [0.29, 0.717) is 18.8 Å². The molecule has 2 aliphatic heterocycles. The predicted molar refractivity (Wildman–Crippen MR) is 71.7 cm³/mol. The predicted octanol–water partition coefficient (Wildman–Crippen LogP) is 2.24. The zero-order valence-corrected chi connectivity index (χ0v) is 11.4. The van der Waals surface area contributed by atoms with Crippen LogP contribution in [-0.2, 0) is 4.74 Å². The number of carbonyl (C=O) groups is 1. The molecule has 2 saturated heterocycles. The molecule has 0 saturated carbocycles. The number of hydrogen-bond acceptors (Lipinski definition) is 4. The fraction of sp³-hybridized carbons (Fsp3) is 0.533. The van der Waals surface area contributed by atoms with E-state index in [4.69, 9.17) is 4.74 Å². The quantitative estimate of drug-likeness (QED) is 0.866. The lowest BCUT2D eigenvalue weighted by atomic mass is 9.82. The van der Waals surface area contributed by atoms with E-state index in [1.807, 2.05) is 0 Å². The van der Waals surface area contributed by atoms with Gasteiger partial charge in [-0.2, -0.15) is 8.78 Å². The Bertz CT molecular complexity index is 494. The van der Waals surface area contributed by atoms with Gasteiger partial charge in [0.05, 0.1) is 13.2 Å². The number of Topliss-reactive ketones (excluding diaryl/α,β-unsaturated/α-hetero) is 1. The number of halogens is 2. The Morgan fingerprint density at radius 3 is 2.38 bits per heavy atom. The summed E-state index contributed by atoms with van der Waals surface area (Å²) in [4.78, 5) is 12.5. The Balaban J connectivity index is 1.67. The van der Waals surface area contributed by atoms with Crippen LogP contribution in [0.5, 0.6) is 5.75 Å². The number of rotatable bonds is 4. The summed E-state index contributed by atoms with van der Waals surface area (Å²) in [7, 11) is 0. The minimum absolute atomic E-state index is 0.0352. The van der Waals surface area contributed by atoms with Crippen molar-refractivity contribution in [1.82, 2.24) is 5.32 Å². The summed E-state index contributed by atoms with van der Waals surface area (Å²) in [5.74, 6) is 0.0983. The molecule has 2 unspecified atom stereocenters. The van der Waals surface area contributed by atoms with Crippen molar-refractivity contribution in [3.05, 3.63) is 29.8 Å². The standard InChI is InChI=1S/C15H17F2NO3/c16-15(17)21-13-3-1-9(2-4-13)14(19)10-5-11-7-20-8-12(6-10)18-11/h1-4,10-12,15,18H,5-8H2. The summed E-state index contributed by atoms with van der Waals surface area (Å²) >= 11 is 0. The van der Waals surface area contributed by atoms with Gasteiger partial charge >= 0.3 is 6.61 Å². The minimum atomic E-state index is -2.85. The molecule has 1 aromatic carbocycles. The molecule has 4 nitrogen and oxygen atoms in total. The van der Waals surface area contributed by atoms with Gasteiger partial charge in [0.2, 0.25) is 0 Å². The van der Waals surface area contributed by atoms with Crippen LogP contribution in [0.25, 0.3) is 0 Å². The van der Waals surface area contributed by atoms with Gasteiger partial charge < -0.3 is 14.8 Å². The third kappa shape index (κ3) is 3.39. The van der Waals surface area contributed by atoms with Gasteiger partial charge in [-0.25, -0.2) is 0 Å². The van der Waals surface area contributed by atoms with Crippen molar-refractivity contribution in [1.29, 1.82) is 0 Å². The van der Waals surface area contributed by atoms with Crippen molar-refractivity contribution >= 4 is 5.78 Å². The van der Waals surface area contributed by atoms with Gasteiger partial charge in [-0.05, 0) is 37.1 Å². The normalized spacial score (nSPS) is 28.4. The number of ketones is 1. The molecule has 3 rings (SSSR count). The second kappa shape index (κ2) is 6.07. The zero-order chi connectivity index (χ0) is 14.8. The molecule has 2 atom stereocenters. The second-order valence-corrected chi connectivity index (χ2v) is 5.53. The summed E-state index contributed by atoms with van der Waals surface area (Å²) in [6, 6.07) is 6.37. The highest BCUT2D eigenvalue weighted by atomic mass is 19.3. The molecule has 0 radical (unpaired) electrons. The van der Waals surface area contributed by atoms with Crippen LogP contribution in [0, 0.1) is 5.92 Å². The van der Waals surface area contributed by atoms with Crippen molar-refractivity contribution in [2.45, 2.75) is 31.5 Å². The van der Waals surface area contributed by atoms with Crippen molar-refractivity contribution in [3.8, 4) is 5.75 Å². The van der Waals surface area contributed by atoms with Gasteiger partial charge in [0.15, 0.2) is 5.78 Å². The van der Waals surface area contributed by atoms with Crippen molar-refractivity contribution in [3.63, 3.8) is 0 Å². The average Bonchev–Trinajstić information content (AvgIpc) is 2.46. The Morgan fingerprint density at radius 1 is 1.19 bits per heavy atom. The summed E-state index contributed by atoms with van der Waals surface area (Å²) in [5, 5.41) is 3.44. The monoisotopic (exact) mass is 297 g/mol. The second-order valence-electron chi connectivity index (χ2n) is 5.53. The minimum Gasteiger partial charge on any atom is -0.435 e. The van der Waals surface area contributed by atoms with Crippen molar-refractivity contribution < 1.29 is 23.0 Å². The lowest BCUT2D eigenvalue weighted by molar-refractivity contribution is -0.0498. The number of benzene rings is 1. The zero-order valence-electron chi connectivity index (χ0n) is 11.4. The molecule has 1 aromatic rings. The van der Waals surface area contributed by atoms with E-state index in [0.717, 1.165) is 12.8 Å². The summed E-state index contributed by atoms with van der Waals surface area (Å²) in [5.41, 5.74) is 0.544. The summed E-state index contributed by atoms with van der Waals surface area (Å²) in [6.07, 6.45) is 1.51. The van der Waals surface area contributed by atoms with Crippen LogP contribution in [-0.4, -0.2) is 37.7 Å². The van der Waals surface area contributed by atoms with E-state index < -0.39 is 6.61 Å². The maximum Gasteiger partial charge on any atom is 0.387 e. The van der Waals surface area contributed by atoms with Crippen LogP contribution >= 0.6 is 0 Å². The van der Waals surface area contributed by atoms with Crippen LogP contribution in [0.1, 0.15) is 23.2 Å². The Labute approximate surface area is 121 Å². The molecule has 0 amide bonds. The average molecular weight is 297 g/mol. The molecular weight excluding hydrogens is 280 g/mol. The summed E-state index contributed by atoms with van der Waals surface area (Å²) < 4.78 is 33.9. The fourth-order valence-electron chi connectivity index (χ4n) is 3.09. The smallest absolute Gasteiger partial charge is 0.387 e. The van der Waals surface area contributed by atoms with Gasteiger partial charge in [-0.15, -0.1) is 0 Å². The summed E-state index contributed by atoms with van der Waals surface area (Å²) in [6.45, 7) is -1.57. The lowest BCUT2D eigenvalue weighted by Crippen LogP contribution is -2.55. The number of morpholine rings is 1. The van der Waals surface area contributed by atoms with E-state index in [1.165, 1.54) is 12.1 Å². The highest BCUT2D eigenvalue weighted by molar-refractivity contribution is 5.98. The van der Waals surface area contributed by atoms with Crippen molar-refractivity contribution in [2.75, 3.05) is 13.2 Å². The van der Waals surface area contributed by atoms with Crippen LogP contribution in [0.15, 0.2) is 24.3 Å². The van der Waals surface area contributed by atoms with Crippen LogP contribution in [0.2, 0.25) is 0 Å². The molecule has 6 heteroatoms. The molecule has 0 spiro atoms. The molecule has 1 N–H and O–H groups in total. The van der Waals surface area contributed by atoms with Gasteiger partial charge in [-0.1, -0.05) is 0 Å². The van der Waals surface area contributed by atoms with Gasteiger partial charge in [0.25, 0.3) is 0 Å². The fourth-order valence-corrected chi connectivity index (χ4v) is 3.09. The first-order valence-corrected chi connectivity index (χ1v) is 7.04. The van der Waals surface area contributed by atoms with Crippen LogP contribution in [0.3, 0.4) is 0 Å². The van der Waals surface area contributed by atoms with Gasteiger partial charge in [0.1, 0.15) is 5.75 Å². The SMILES string of the molecule is O=C(c1ccc(OC(F)F)cc1)C1CC2COCC(C1)N2. The largest absolute Gasteiger partial charge is 0.435 e. The van der Waals surface area contributed by atoms with Crippen LogP contribution in [0.4, 0.5) is 8.78 Å². The van der Waals surface area contributed by atoms with E-state index in [2.05, 4.69) is 10.1 Å². The highest BCUT2D eigenvalue weighted by Crippen LogP contribution is 2.27. The Hall–Kier alpha value is -1.53. The molecule has 21 heavy (non-hydrogen) atoms. The van der Waals surface area contributed by atoms with E-state index in [9.17, 15) is 13.6 Å². The lowest BCUT2D eigenvalue weighted by Gasteiger charge is -2.39. The number of nitrogens with one attached hydrogen (secondary N) is 1. The van der Waals surface area contributed by atoms with E-state index >= 15 is 0 Å². The number of carbonyl (C=O) groups excluding carboxylic acids is 1. The number of ether oxygens (including phenoxy) is 2. The number of hydrogen-bond donors (Lipinski definition) is 1. The Kier molecular flexibility index (Phi) is 4.17. The molecule has 2 aliphatic rings. The molecule has 2 heterocycles. The molecule has 2 bridgehead atoms.